The first-order chi connectivity index (χ1) is 11.3. The molecule has 3 heterocycles. The zero-order valence-electron chi connectivity index (χ0n) is 13.2. The normalized spacial score (nSPS) is 16.5. The maximum absolute atomic E-state index is 12.7. The summed E-state index contributed by atoms with van der Waals surface area (Å²) < 4.78 is 37.5. The fourth-order valence-electron chi connectivity index (χ4n) is 2.69. The topological polar surface area (TPSA) is 96.9 Å². The number of sulfonamides is 1. The van der Waals surface area contributed by atoms with E-state index in [-0.39, 0.29) is 35.4 Å². The van der Waals surface area contributed by atoms with Crippen molar-refractivity contribution in [3.05, 3.63) is 34.0 Å². The number of nitrogens with zero attached hydrogens (tertiary/aromatic N) is 3. The molecular weight excluding hydrogens is 402 g/mol. The second-order valence-corrected chi connectivity index (χ2v) is 8.11. The van der Waals surface area contributed by atoms with Crippen molar-refractivity contribution in [1.29, 1.82) is 0 Å². The average Bonchev–Trinajstić information content (AvgIpc) is 3.12. The lowest BCUT2D eigenvalue weighted by Gasteiger charge is -2.33. The number of rotatable bonds is 3. The van der Waals surface area contributed by atoms with Crippen LogP contribution in [0.25, 0.3) is 0 Å². The molecule has 0 N–H and O–H groups in total. The highest BCUT2D eigenvalue weighted by atomic mass is 79.9. The molecule has 0 bridgehead atoms. The summed E-state index contributed by atoms with van der Waals surface area (Å²) in [4.78, 5) is 14.0. The predicted octanol–water partition coefficient (Wildman–Crippen LogP) is 1.79. The first-order valence-electron chi connectivity index (χ1n) is 7.28. The van der Waals surface area contributed by atoms with Gasteiger partial charge in [-0.25, -0.2) is 8.42 Å². The van der Waals surface area contributed by atoms with Gasteiger partial charge in [-0.05, 0) is 41.9 Å². The number of furan rings is 1. The maximum Gasteiger partial charge on any atom is 0.289 e. The number of aromatic nitrogens is 1. The van der Waals surface area contributed by atoms with Gasteiger partial charge >= 0.3 is 0 Å². The summed E-state index contributed by atoms with van der Waals surface area (Å²) in [6.07, 6.45) is 0. The third kappa shape index (κ3) is 3.01. The Bertz CT molecular complexity index is 845. The van der Waals surface area contributed by atoms with Gasteiger partial charge in [0, 0.05) is 26.2 Å². The van der Waals surface area contributed by atoms with Gasteiger partial charge in [-0.2, -0.15) is 4.31 Å². The number of hydrogen-bond donors (Lipinski definition) is 0. The van der Waals surface area contributed by atoms with Crippen LogP contribution in [0.2, 0.25) is 0 Å². The molecule has 1 fully saturated rings. The Hall–Kier alpha value is -1.65. The van der Waals surface area contributed by atoms with E-state index in [4.69, 9.17) is 8.94 Å². The van der Waals surface area contributed by atoms with Gasteiger partial charge < -0.3 is 13.8 Å². The van der Waals surface area contributed by atoms with E-state index >= 15 is 0 Å². The zero-order chi connectivity index (χ0) is 17.5. The van der Waals surface area contributed by atoms with Gasteiger partial charge in [0.2, 0.25) is 10.0 Å². The summed E-state index contributed by atoms with van der Waals surface area (Å²) in [5.41, 5.74) is 0.339. The van der Waals surface area contributed by atoms with Crippen LogP contribution in [0.1, 0.15) is 22.0 Å². The summed E-state index contributed by atoms with van der Waals surface area (Å²) in [5.74, 6) is 0.241. The summed E-state index contributed by atoms with van der Waals surface area (Å²) >= 11 is 3.16. The van der Waals surface area contributed by atoms with Gasteiger partial charge in [-0.3, -0.25) is 4.79 Å². The largest absolute Gasteiger partial charge is 0.444 e. The molecule has 1 amide bonds. The van der Waals surface area contributed by atoms with Crippen molar-refractivity contribution in [2.45, 2.75) is 18.7 Å². The fraction of sp³-hybridized carbons (Fsp3) is 0.429. The number of halogens is 1. The van der Waals surface area contributed by atoms with Gasteiger partial charge in [0.25, 0.3) is 5.91 Å². The molecule has 0 atom stereocenters. The van der Waals surface area contributed by atoms with Crippen LogP contribution in [0.5, 0.6) is 0 Å². The SMILES string of the molecule is Cc1noc(C)c1S(=O)(=O)N1CCN(C(=O)c2ccc(Br)o2)CC1. The first kappa shape index (κ1) is 17.2. The van der Waals surface area contributed by atoms with E-state index in [1.165, 1.54) is 4.31 Å². The van der Waals surface area contributed by atoms with Crippen LogP contribution in [0.4, 0.5) is 0 Å². The Labute approximate surface area is 147 Å². The van der Waals surface area contributed by atoms with Crippen molar-refractivity contribution in [3.8, 4) is 0 Å². The molecule has 10 heteroatoms. The van der Waals surface area contributed by atoms with Crippen LogP contribution in [0.3, 0.4) is 0 Å². The van der Waals surface area contributed by atoms with Crippen molar-refractivity contribution >= 4 is 31.9 Å². The van der Waals surface area contributed by atoms with E-state index in [9.17, 15) is 13.2 Å². The molecule has 130 valence electrons. The maximum atomic E-state index is 12.7. The molecule has 24 heavy (non-hydrogen) atoms. The van der Waals surface area contributed by atoms with Crippen molar-refractivity contribution in [3.63, 3.8) is 0 Å². The monoisotopic (exact) mass is 417 g/mol. The number of aryl methyl sites for hydroxylation is 2. The van der Waals surface area contributed by atoms with Gasteiger partial charge in [0.15, 0.2) is 16.2 Å². The minimum Gasteiger partial charge on any atom is -0.444 e. The molecule has 0 radical (unpaired) electrons. The molecule has 1 saturated heterocycles. The lowest BCUT2D eigenvalue weighted by atomic mass is 10.3. The molecule has 0 saturated carbocycles. The summed E-state index contributed by atoms with van der Waals surface area (Å²) in [6, 6.07) is 3.23. The number of piperazine rings is 1. The summed E-state index contributed by atoms with van der Waals surface area (Å²) in [7, 11) is -3.68. The second-order valence-electron chi connectivity index (χ2n) is 5.45. The molecule has 1 aliphatic heterocycles. The Balaban J connectivity index is 1.72. The van der Waals surface area contributed by atoms with Crippen molar-refractivity contribution < 1.29 is 22.2 Å². The van der Waals surface area contributed by atoms with Crippen LogP contribution in [-0.4, -0.2) is 54.9 Å². The summed E-state index contributed by atoms with van der Waals surface area (Å²) in [6.45, 7) is 4.17. The highest BCUT2D eigenvalue weighted by molar-refractivity contribution is 9.10. The first-order valence-corrected chi connectivity index (χ1v) is 9.51. The van der Waals surface area contributed by atoms with Gasteiger partial charge in [-0.1, -0.05) is 5.16 Å². The minimum atomic E-state index is -3.68. The molecule has 2 aromatic rings. The molecule has 0 aliphatic carbocycles. The Morgan fingerprint density at radius 3 is 2.38 bits per heavy atom. The molecule has 0 aromatic carbocycles. The molecule has 3 rings (SSSR count). The second kappa shape index (κ2) is 6.34. The van der Waals surface area contributed by atoms with E-state index in [1.54, 1.807) is 30.9 Å². The van der Waals surface area contributed by atoms with E-state index < -0.39 is 10.0 Å². The molecule has 0 spiro atoms. The Kier molecular flexibility index (Phi) is 4.54. The Morgan fingerprint density at radius 1 is 1.21 bits per heavy atom. The van der Waals surface area contributed by atoms with Crippen molar-refractivity contribution in [2.75, 3.05) is 26.2 Å². The van der Waals surface area contributed by atoms with Gasteiger partial charge in [0.1, 0.15) is 10.6 Å². The lowest BCUT2D eigenvalue weighted by Crippen LogP contribution is -2.50. The molecule has 8 nitrogen and oxygen atoms in total. The van der Waals surface area contributed by atoms with E-state index in [1.807, 2.05) is 0 Å². The molecule has 1 aliphatic rings. The van der Waals surface area contributed by atoms with Crippen molar-refractivity contribution in [2.24, 2.45) is 0 Å². The molecule has 2 aromatic heterocycles. The minimum absolute atomic E-state index is 0.109. The van der Waals surface area contributed by atoms with Crippen LogP contribution in [-0.2, 0) is 10.0 Å². The lowest BCUT2D eigenvalue weighted by molar-refractivity contribution is 0.0664. The highest BCUT2D eigenvalue weighted by Crippen LogP contribution is 2.24. The van der Waals surface area contributed by atoms with Crippen LogP contribution in [0, 0.1) is 13.8 Å². The van der Waals surface area contributed by atoms with Gasteiger partial charge in [0.05, 0.1) is 0 Å². The Morgan fingerprint density at radius 2 is 1.88 bits per heavy atom. The average molecular weight is 418 g/mol. The smallest absolute Gasteiger partial charge is 0.289 e. The number of carbonyl (C=O) groups is 1. The van der Waals surface area contributed by atoms with Crippen LogP contribution < -0.4 is 0 Å². The van der Waals surface area contributed by atoms with Crippen LogP contribution >= 0.6 is 15.9 Å². The van der Waals surface area contributed by atoms with E-state index in [0.717, 1.165) is 0 Å². The number of hydrogen-bond acceptors (Lipinski definition) is 6. The van der Waals surface area contributed by atoms with Crippen molar-refractivity contribution in [1.82, 2.24) is 14.4 Å². The third-order valence-corrected chi connectivity index (χ3v) is 6.45. The third-order valence-electron chi connectivity index (χ3n) is 3.88. The molecular formula is C14H16BrN3O5S. The van der Waals surface area contributed by atoms with E-state index in [2.05, 4.69) is 21.1 Å². The predicted molar refractivity (Wildman–Crippen MR) is 87.0 cm³/mol. The number of carbonyl (C=O) groups excluding carboxylic acids is 1. The van der Waals surface area contributed by atoms with E-state index in [0.29, 0.717) is 23.5 Å². The highest BCUT2D eigenvalue weighted by Gasteiger charge is 2.34. The quantitative estimate of drug-likeness (QED) is 0.754. The fourth-order valence-corrected chi connectivity index (χ4v) is 4.71. The molecule has 0 unspecified atom stereocenters. The number of amides is 1. The standard InChI is InChI=1S/C14H16BrN3O5S/c1-9-13(10(2)23-16-9)24(20,21)18-7-5-17(6-8-18)14(19)11-3-4-12(15)22-11/h3-4H,5-8H2,1-2H3. The summed E-state index contributed by atoms with van der Waals surface area (Å²) in [5, 5.41) is 3.70. The van der Waals surface area contributed by atoms with Crippen LogP contribution in [0.15, 0.2) is 30.6 Å². The zero-order valence-corrected chi connectivity index (χ0v) is 15.6. The van der Waals surface area contributed by atoms with Gasteiger partial charge in [-0.15, -0.1) is 0 Å².